The van der Waals surface area contributed by atoms with Crippen molar-refractivity contribution in [1.82, 2.24) is 20.1 Å². The smallest absolute Gasteiger partial charge is 0.410 e. The second-order valence-electron chi connectivity index (χ2n) is 9.11. The molecule has 8 nitrogen and oxygen atoms in total. The Morgan fingerprint density at radius 1 is 1.14 bits per heavy atom. The number of nitrogens with zero attached hydrogens (tertiary/aromatic N) is 4. The van der Waals surface area contributed by atoms with E-state index in [1.807, 2.05) is 20.8 Å². The van der Waals surface area contributed by atoms with Crippen LogP contribution in [0.15, 0.2) is 40.9 Å². The maximum Gasteiger partial charge on any atom is 0.410 e. The summed E-state index contributed by atoms with van der Waals surface area (Å²) in [4.78, 5) is 18.3. The zero-order valence-electron chi connectivity index (χ0n) is 19.5. The third kappa shape index (κ3) is 6.09. The predicted molar refractivity (Wildman–Crippen MR) is 119 cm³/mol. The van der Waals surface area contributed by atoms with Crippen LogP contribution in [-0.4, -0.2) is 51.0 Å². The quantitative estimate of drug-likeness (QED) is 0.456. The van der Waals surface area contributed by atoms with Crippen LogP contribution in [0.2, 0.25) is 0 Å². The number of likely N-dealkylation sites (tertiary alicyclic amines) is 1. The molecule has 1 saturated heterocycles. The minimum atomic E-state index is -2.93. The predicted octanol–water partition coefficient (Wildman–Crippen LogP) is 5.65. The van der Waals surface area contributed by atoms with Crippen molar-refractivity contribution in [3.05, 3.63) is 48.2 Å². The van der Waals surface area contributed by atoms with Crippen LogP contribution in [-0.2, 0) is 4.74 Å². The summed E-state index contributed by atoms with van der Waals surface area (Å²) in [6.07, 6.45) is -0.766. The van der Waals surface area contributed by atoms with Crippen molar-refractivity contribution in [2.75, 3.05) is 13.1 Å². The van der Waals surface area contributed by atoms with Gasteiger partial charge >= 0.3 is 12.5 Å². The van der Waals surface area contributed by atoms with E-state index in [4.69, 9.17) is 13.9 Å². The molecule has 1 fully saturated rings. The van der Waals surface area contributed by atoms with Crippen LogP contribution in [0.1, 0.15) is 45.9 Å². The highest BCUT2D eigenvalue weighted by atomic mass is 19.3. The van der Waals surface area contributed by atoms with Crippen molar-refractivity contribution in [1.29, 1.82) is 0 Å². The number of alkyl halides is 2. The second kappa shape index (κ2) is 9.93. The first-order valence-corrected chi connectivity index (χ1v) is 11.1. The van der Waals surface area contributed by atoms with E-state index in [2.05, 4.69) is 15.2 Å². The molecular formula is C24H25F3N4O4. The molecule has 0 saturated carbocycles. The molecule has 11 heteroatoms. The summed E-state index contributed by atoms with van der Waals surface area (Å²) in [5.41, 5.74) is 0.304. The number of benzene rings is 1. The number of pyridine rings is 1. The van der Waals surface area contributed by atoms with Gasteiger partial charge in [0.25, 0.3) is 5.89 Å². The highest BCUT2D eigenvalue weighted by Gasteiger charge is 2.28. The molecule has 2 aromatic heterocycles. The second-order valence-corrected chi connectivity index (χ2v) is 9.11. The zero-order chi connectivity index (χ0) is 25.2. The molecule has 4 rings (SSSR count). The van der Waals surface area contributed by atoms with E-state index < -0.39 is 23.7 Å². The number of amides is 1. The first-order chi connectivity index (χ1) is 16.6. The monoisotopic (exact) mass is 490 g/mol. The van der Waals surface area contributed by atoms with Gasteiger partial charge in [-0.15, -0.1) is 10.2 Å². The van der Waals surface area contributed by atoms with Crippen LogP contribution in [0, 0.1) is 5.82 Å². The average Bonchev–Trinajstić information content (AvgIpc) is 3.29. The molecule has 0 N–H and O–H groups in total. The van der Waals surface area contributed by atoms with Gasteiger partial charge in [-0.25, -0.2) is 9.18 Å². The van der Waals surface area contributed by atoms with Crippen LogP contribution in [0.25, 0.3) is 22.7 Å². The first kappa shape index (κ1) is 24.5. The molecular weight excluding hydrogens is 465 g/mol. The van der Waals surface area contributed by atoms with E-state index in [0.717, 1.165) is 6.07 Å². The number of ether oxygens (including phenoxy) is 2. The topological polar surface area (TPSA) is 90.6 Å². The first-order valence-electron chi connectivity index (χ1n) is 11.1. The number of rotatable bonds is 5. The fraction of sp³-hybridized carbons (Fsp3) is 0.417. The molecule has 3 aromatic rings. The fourth-order valence-corrected chi connectivity index (χ4v) is 3.65. The largest absolute Gasteiger partial charge is 0.488 e. The Balaban J connectivity index is 1.50. The van der Waals surface area contributed by atoms with Crippen LogP contribution < -0.4 is 4.74 Å². The van der Waals surface area contributed by atoms with Gasteiger partial charge in [0.15, 0.2) is 0 Å². The van der Waals surface area contributed by atoms with Crippen LogP contribution in [0.3, 0.4) is 0 Å². The van der Waals surface area contributed by atoms with Gasteiger partial charge in [0, 0.05) is 43.3 Å². The van der Waals surface area contributed by atoms with Gasteiger partial charge in [-0.1, -0.05) is 0 Å². The molecule has 186 valence electrons. The molecule has 1 aromatic carbocycles. The van der Waals surface area contributed by atoms with Gasteiger partial charge in [-0.3, -0.25) is 4.98 Å². The number of halogens is 3. The Bertz CT molecular complexity index is 1190. The summed E-state index contributed by atoms with van der Waals surface area (Å²) in [6, 6.07) is 7.30. The molecule has 1 aliphatic rings. The van der Waals surface area contributed by atoms with E-state index in [9.17, 15) is 18.0 Å². The molecule has 0 aliphatic carbocycles. The summed E-state index contributed by atoms with van der Waals surface area (Å²) in [7, 11) is 0. The molecule has 1 amide bonds. The Morgan fingerprint density at radius 3 is 2.51 bits per heavy atom. The van der Waals surface area contributed by atoms with Crippen molar-refractivity contribution >= 4 is 6.09 Å². The Morgan fingerprint density at radius 2 is 1.86 bits per heavy atom. The lowest BCUT2D eigenvalue weighted by Gasteiger charge is -2.33. The van der Waals surface area contributed by atoms with Gasteiger partial charge in [0.1, 0.15) is 29.0 Å². The minimum absolute atomic E-state index is 0.140. The number of carbonyl (C=O) groups is 1. The summed E-state index contributed by atoms with van der Waals surface area (Å²) in [5.74, 6) is -1.27. The van der Waals surface area contributed by atoms with Crippen molar-refractivity contribution in [3.8, 4) is 28.5 Å². The summed E-state index contributed by atoms with van der Waals surface area (Å²) < 4.78 is 56.6. The minimum Gasteiger partial charge on any atom is -0.488 e. The van der Waals surface area contributed by atoms with Crippen LogP contribution >= 0.6 is 0 Å². The highest BCUT2D eigenvalue weighted by Crippen LogP contribution is 2.33. The molecule has 3 heterocycles. The van der Waals surface area contributed by atoms with Gasteiger partial charge in [0.2, 0.25) is 5.89 Å². The van der Waals surface area contributed by atoms with E-state index in [1.54, 1.807) is 23.2 Å². The Labute approximate surface area is 200 Å². The lowest BCUT2D eigenvalue weighted by molar-refractivity contribution is 0.0127. The van der Waals surface area contributed by atoms with Crippen molar-refractivity contribution in [2.24, 2.45) is 0 Å². The number of hydrogen-bond acceptors (Lipinski definition) is 7. The van der Waals surface area contributed by atoms with Crippen molar-refractivity contribution in [2.45, 2.75) is 51.7 Å². The van der Waals surface area contributed by atoms with Crippen molar-refractivity contribution < 1.29 is 31.9 Å². The summed E-state index contributed by atoms with van der Waals surface area (Å²) in [6.45, 7) is 6.40. The van der Waals surface area contributed by atoms with Crippen molar-refractivity contribution in [3.63, 3.8) is 0 Å². The molecule has 35 heavy (non-hydrogen) atoms. The standard InChI is InChI=1S/C24H25F3N4O4/c1-24(2,3)35-23(32)31-9-6-17(7-10-31)33-18-5-4-8-28-19(18)14-11-15(13-16(25)12-14)21-29-30-22(34-21)20(26)27/h4-5,8,11-13,17,20H,6-7,9-10H2,1-3H3. The lowest BCUT2D eigenvalue weighted by atomic mass is 10.1. The lowest BCUT2D eigenvalue weighted by Crippen LogP contribution is -2.44. The van der Waals surface area contributed by atoms with E-state index >= 15 is 0 Å². The molecule has 0 spiro atoms. The molecule has 0 unspecified atom stereocenters. The van der Waals surface area contributed by atoms with E-state index in [0.29, 0.717) is 42.9 Å². The zero-order valence-corrected chi connectivity index (χ0v) is 19.5. The molecule has 0 bridgehead atoms. The Kier molecular flexibility index (Phi) is 6.95. The van der Waals surface area contributed by atoms with Gasteiger partial charge < -0.3 is 18.8 Å². The molecule has 0 radical (unpaired) electrons. The third-order valence-electron chi connectivity index (χ3n) is 5.20. The summed E-state index contributed by atoms with van der Waals surface area (Å²) in [5, 5.41) is 6.88. The number of hydrogen-bond donors (Lipinski definition) is 0. The number of piperidine rings is 1. The van der Waals surface area contributed by atoms with E-state index in [1.165, 1.54) is 12.1 Å². The van der Waals surface area contributed by atoms with Gasteiger partial charge in [0.05, 0.1) is 0 Å². The fourth-order valence-electron chi connectivity index (χ4n) is 3.65. The maximum atomic E-state index is 14.4. The van der Waals surface area contributed by atoms with Crippen LogP contribution in [0.4, 0.5) is 18.0 Å². The number of aromatic nitrogens is 3. The van der Waals surface area contributed by atoms with Gasteiger partial charge in [-0.2, -0.15) is 8.78 Å². The van der Waals surface area contributed by atoms with E-state index in [-0.39, 0.29) is 23.7 Å². The number of carbonyl (C=O) groups excluding carboxylic acids is 1. The summed E-state index contributed by atoms with van der Waals surface area (Å²) >= 11 is 0. The SMILES string of the molecule is CC(C)(C)OC(=O)N1CCC(Oc2cccnc2-c2cc(F)cc(-c3nnc(C(F)F)o3)c2)CC1. The maximum absolute atomic E-state index is 14.4. The molecule has 1 aliphatic heterocycles. The Hall–Kier alpha value is -3.63. The normalized spacial score (nSPS) is 14.9. The highest BCUT2D eigenvalue weighted by molar-refractivity contribution is 5.71. The molecule has 0 atom stereocenters. The average molecular weight is 490 g/mol. The third-order valence-corrected chi connectivity index (χ3v) is 5.20. The van der Waals surface area contributed by atoms with Gasteiger partial charge in [-0.05, 0) is 51.1 Å². The van der Waals surface area contributed by atoms with Crippen LogP contribution in [0.5, 0.6) is 5.75 Å².